The summed E-state index contributed by atoms with van der Waals surface area (Å²) in [5.74, 6) is -0.801. The zero-order valence-corrected chi connectivity index (χ0v) is 30.7. The molecule has 0 aromatic heterocycles. The second-order valence-electron chi connectivity index (χ2n) is 11.4. The summed E-state index contributed by atoms with van der Waals surface area (Å²) in [6, 6.07) is 0.312. The van der Waals surface area contributed by atoms with Crippen molar-refractivity contribution in [2.24, 2.45) is 5.92 Å². The molecule has 17 nitrogen and oxygen atoms in total. The van der Waals surface area contributed by atoms with Crippen LogP contribution in [0.4, 0.5) is 4.48 Å². The Morgan fingerprint density at radius 1 is 0.543 bits per heavy atom. The van der Waals surface area contributed by atoms with Gasteiger partial charge in [-0.2, -0.15) is 5.54 Å². The van der Waals surface area contributed by atoms with Gasteiger partial charge in [0, 0.05) is 49.3 Å². The fourth-order valence-corrected chi connectivity index (χ4v) is 6.36. The lowest BCUT2D eigenvalue weighted by Crippen LogP contribution is -2.36. The lowest BCUT2D eigenvalue weighted by Gasteiger charge is -2.25. The highest BCUT2D eigenvalue weighted by Gasteiger charge is 2.27. The van der Waals surface area contributed by atoms with Crippen molar-refractivity contribution in [3.63, 3.8) is 0 Å². The molecule has 0 spiro atoms. The molecule has 10 N–H and O–H groups in total. The summed E-state index contributed by atoms with van der Waals surface area (Å²) in [5, 5.41) is 16.2. The Bertz CT molecular complexity index is 923. The van der Waals surface area contributed by atoms with Crippen molar-refractivity contribution in [3.05, 3.63) is 0 Å². The summed E-state index contributed by atoms with van der Waals surface area (Å²) in [6.07, 6.45) is 6.62. The third kappa shape index (κ3) is 25.1. The van der Waals surface area contributed by atoms with E-state index in [-0.39, 0.29) is 56.6 Å². The zero-order valence-electron chi connectivity index (χ0n) is 28.0. The number of likely N-dealkylation sites (N-methyl/N-ethyl adjacent to an activating group) is 2. The normalized spacial score (nSPS) is 19.1. The summed E-state index contributed by atoms with van der Waals surface area (Å²) >= 11 is 0. The van der Waals surface area contributed by atoms with Gasteiger partial charge in [-0.25, -0.2) is 9.13 Å². The molecule has 0 aromatic rings. The van der Waals surface area contributed by atoms with Crippen LogP contribution < -0.4 is 32.1 Å². The van der Waals surface area contributed by atoms with E-state index >= 15 is 0 Å². The van der Waals surface area contributed by atoms with Crippen molar-refractivity contribution in [1.29, 1.82) is 0 Å². The Balaban J connectivity index is 4.66. The van der Waals surface area contributed by atoms with E-state index in [1.165, 1.54) is 5.54 Å². The molecule has 0 bridgehead atoms. The average Bonchev–Trinajstić information content (AvgIpc) is 2.99. The predicted octanol–water partition coefficient (Wildman–Crippen LogP) is 1.21. The number of hydrogen-bond donors (Lipinski definition) is 10. The molecule has 0 heterocycles. The first-order chi connectivity index (χ1) is 21.5. The molecule has 0 aliphatic heterocycles. The van der Waals surface area contributed by atoms with E-state index in [1.54, 1.807) is 14.1 Å². The molecular formula is C25H60FN6O11P3. The Morgan fingerprint density at radius 2 is 0.870 bits per heavy atom. The number of phosphoric acid groups is 2. The van der Waals surface area contributed by atoms with Gasteiger partial charge in [0.25, 0.3) is 0 Å². The van der Waals surface area contributed by atoms with Gasteiger partial charge < -0.3 is 50.7 Å². The Kier molecular flexibility index (Phi) is 25.1. The van der Waals surface area contributed by atoms with Gasteiger partial charge in [0.05, 0.1) is 26.4 Å². The van der Waals surface area contributed by atoms with Gasteiger partial charge in [-0.15, -0.1) is 4.48 Å². The first-order valence-electron chi connectivity index (χ1n) is 15.5. The number of hydrogen-bond acceptors (Lipinski definition) is 13. The van der Waals surface area contributed by atoms with Crippen LogP contribution in [0.15, 0.2) is 0 Å². The largest absolute Gasteiger partial charge is 0.472 e. The third-order valence-electron chi connectivity index (χ3n) is 7.77. The highest BCUT2D eigenvalue weighted by molar-refractivity contribution is 7.51. The molecule has 8 unspecified atom stereocenters. The standard InChI is InChI=1S/C25H60FN6O11P3/c1-27-21(7-9-22(28-2)11-13-24(30-4)18-41-45(35,36)37)8-10-23(29-3)12-14-25(31-5)19-43-46(38,39)42-17-20(15-32-26)16-40-44(6,33)34/h20-25,27-32H,7-19H2,1-6H3,(H,33,34)(H,38,39)(H2,35,36,37). The molecule has 21 heteroatoms. The van der Waals surface area contributed by atoms with Crippen LogP contribution in [0.5, 0.6) is 0 Å². The molecule has 8 atom stereocenters. The fraction of sp³-hybridized carbons (Fsp3) is 1.00. The van der Waals surface area contributed by atoms with Gasteiger partial charge >= 0.3 is 23.2 Å². The van der Waals surface area contributed by atoms with Crippen LogP contribution in [-0.2, 0) is 31.8 Å². The Hall–Kier alpha value is 0.0600. The minimum atomic E-state index is -4.51. The van der Waals surface area contributed by atoms with Crippen LogP contribution in [0.3, 0.4) is 0 Å². The zero-order chi connectivity index (χ0) is 35.2. The SMILES string of the molecule is CNC(CCC(CCC(COP(=O)(O)O)NC)NC)CCC(CCC(COP(=O)(O)OCC(CNF)COP(C)(=O)O)NC)NC. The molecule has 0 saturated carbocycles. The van der Waals surface area contributed by atoms with Crippen molar-refractivity contribution < 1.29 is 55.8 Å². The molecule has 0 amide bonds. The third-order valence-corrected chi connectivity index (χ3v) is 9.83. The molecular weight excluding hydrogens is 672 g/mol. The molecule has 0 rings (SSSR count). The number of nitrogens with one attached hydrogen (secondary N) is 6. The van der Waals surface area contributed by atoms with Gasteiger partial charge in [-0.1, -0.05) is 0 Å². The summed E-state index contributed by atoms with van der Waals surface area (Å²) in [5.41, 5.74) is 1.39. The summed E-state index contributed by atoms with van der Waals surface area (Å²) in [7, 11) is -3.59. The van der Waals surface area contributed by atoms with Crippen LogP contribution in [0.2, 0.25) is 0 Å². The van der Waals surface area contributed by atoms with Crippen LogP contribution in [0, 0.1) is 5.92 Å². The maximum absolute atomic E-state index is 12.6. The minimum absolute atomic E-state index is 0.0673. The van der Waals surface area contributed by atoms with Gasteiger partial charge in [-0.05, 0) is 86.6 Å². The lowest BCUT2D eigenvalue weighted by atomic mass is 9.95. The highest BCUT2D eigenvalue weighted by Crippen LogP contribution is 2.44. The Morgan fingerprint density at radius 3 is 1.20 bits per heavy atom. The summed E-state index contributed by atoms with van der Waals surface area (Å²) < 4.78 is 66.8. The van der Waals surface area contributed by atoms with Gasteiger partial charge in [0.1, 0.15) is 0 Å². The maximum atomic E-state index is 12.6. The van der Waals surface area contributed by atoms with Gasteiger partial charge in [0.2, 0.25) is 0 Å². The van der Waals surface area contributed by atoms with E-state index in [0.717, 1.165) is 45.2 Å². The maximum Gasteiger partial charge on any atom is 0.472 e. The van der Waals surface area contributed by atoms with E-state index in [0.29, 0.717) is 12.8 Å². The molecule has 46 heavy (non-hydrogen) atoms. The average molecular weight is 733 g/mol. The minimum Gasteiger partial charge on any atom is -0.324 e. The van der Waals surface area contributed by atoms with Crippen molar-refractivity contribution in [3.8, 4) is 0 Å². The molecule has 0 saturated heterocycles. The van der Waals surface area contributed by atoms with Crippen molar-refractivity contribution in [2.45, 2.75) is 81.6 Å². The van der Waals surface area contributed by atoms with Crippen LogP contribution in [-0.4, -0.2) is 125 Å². The fourth-order valence-electron chi connectivity index (χ4n) is 4.66. The topological polar surface area (TPSA) is 241 Å². The van der Waals surface area contributed by atoms with E-state index in [1.807, 2.05) is 21.1 Å². The van der Waals surface area contributed by atoms with Crippen molar-refractivity contribution >= 4 is 23.2 Å². The second kappa shape index (κ2) is 25.1. The first-order valence-corrected chi connectivity index (χ1v) is 20.5. The van der Waals surface area contributed by atoms with E-state index in [4.69, 9.17) is 23.4 Å². The lowest BCUT2D eigenvalue weighted by molar-refractivity contribution is 0.0969. The molecule has 0 fully saturated rings. The van der Waals surface area contributed by atoms with E-state index < -0.39 is 35.8 Å². The second-order valence-corrected chi connectivity index (χ2v) is 15.9. The number of phosphoric ester groups is 2. The summed E-state index contributed by atoms with van der Waals surface area (Å²) in [6.45, 7) is -0.285. The highest BCUT2D eigenvalue weighted by atomic mass is 31.2. The van der Waals surface area contributed by atoms with E-state index in [2.05, 4.69) is 31.1 Å². The number of halogens is 1. The Labute approximate surface area is 273 Å². The molecule has 0 aromatic carbocycles. The molecule has 278 valence electrons. The summed E-state index contributed by atoms with van der Waals surface area (Å²) in [4.78, 5) is 37.2. The van der Waals surface area contributed by atoms with Crippen molar-refractivity contribution in [1.82, 2.24) is 32.1 Å². The monoisotopic (exact) mass is 732 g/mol. The van der Waals surface area contributed by atoms with Crippen LogP contribution >= 0.6 is 23.2 Å². The quantitative estimate of drug-likeness (QED) is 0.0356. The van der Waals surface area contributed by atoms with Crippen LogP contribution in [0.25, 0.3) is 0 Å². The molecule has 0 radical (unpaired) electrons. The van der Waals surface area contributed by atoms with Gasteiger partial charge in [-0.3, -0.25) is 18.1 Å². The van der Waals surface area contributed by atoms with E-state index in [9.17, 15) is 28.0 Å². The molecule has 0 aliphatic rings. The number of rotatable bonds is 31. The molecule has 0 aliphatic carbocycles. The predicted molar refractivity (Wildman–Crippen MR) is 175 cm³/mol. The van der Waals surface area contributed by atoms with Crippen molar-refractivity contribution in [2.75, 3.05) is 74.9 Å². The van der Waals surface area contributed by atoms with Crippen LogP contribution in [0.1, 0.15) is 51.4 Å². The first kappa shape index (κ1) is 46.1. The van der Waals surface area contributed by atoms with Gasteiger partial charge in [0.15, 0.2) is 0 Å². The smallest absolute Gasteiger partial charge is 0.324 e.